The molecule has 0 aliphatic heterocycles. The largest absolute Gasteiger partial charge is 0.445 e. The van der Waals surface area contributed by atoms with E-state index in [2.05, 4.69) is 46.8 Å². The molecule has 0 heterocycles. The second kappa shape index (κ2) is 18.4. The van der Waals surface area contributed by atoms with E-state index in [9.17, 15) is 14.4 Å². The molecule has 0 unspecified atom stereocenters. The van der Waals surface area contributed by atoms with E-state index < -0.39 is 23.8 Å². The number of aryl methyl sites for hydroxylation is 1. The second-order valence-electron chi connectivity index (χ2n) is 13.4. The van der Waals surface area contributed by atoms with Gasteiger partial charge in [-0.25, -0.2) is 9.59 Å². The SMILES string of the molecule is CN(C)CCCc1ccc(NC(=O)[C@H](Cc2ccc3cc(C#CCCNC(=O)OCc4ccccc4)ccc3c2)NC(=O)OC(C)(C)C)cc1. The minimum Gasteiger partial charge on any atom is -0.445 e. The van der Waals surface area contributed by atoms with E-state index in [0.717, 1.165) is 46.8 Å². The third-order valence-electron chi connectivity index (χ3n) is 7.61. The molecular formula is C41H48N4O5. The summed E-state index contributed by atoms with van der Waals surface area (Å²) in [5.41, 5.74) is 3.82. The van der Waals surface area contributed by atoms with E-state index in [1.165, 1.54) is 5.56 Å². The predicted octanol–water partition coefficient (Wildman–Crippen LogP) is 7.08. The van der Waals surface area contributed by atoms with Gasteiger partial charge in [0, 0.05) is 30.6 Å². The quantitative estimate of drug-likeness (QED) is 0.103. The Morgan fingerprint density at radius 2 is 1.52 bits per heavy atom. The van der Waals surface area contributed by atoms with Crippen molar-refractivity contribution in [3.63, 3.8) is 0 Å². The number of nitrogens with one attached hydrogen (secondary N) is 3. The van der Waals surface area contributed by atoms with Crippen LogP contribution >= 0.6 is 0 Å². The van der Waals surface area contributed by atoms with Gasteiger partial charge in [0.25, 0.3) is 0 Å². The smallest absolute Gasteiger partial charge is 0.408 e. The lowest BCUT2D eigenvalue weighted by molar-refractivity contribution is -0.118. The van der Waals surface area contributed by atoms with Crippen LogP contribution in [-0.4, -0.2) is 61.8 Å². The van der Waals surface area contributed by atoms with Crippen LogP contribution in [0.5, 0.6) is 0 Å². The Labute approximate surface area is 295 Å². The van der Waals surface area contributed by atoms with Crippen LogP contribution in [0, 0.1) is 11.8 Å². The molecule has 9 nitrogen and oxygen atoms in total. The van der Waals surface area contributed by atoms with E-state index in [0.29, 0.717) is 18.7 Å². The summed E-state index contributed by atoms with van der Waals surface area (Å²) in [6.45, 7) is 6.96. The second-order valence-corrected chi connectivity index (χ2v) is 13.4. The van der Waals surface area contributed by atoms with Crippen molar-refractivity contribution in [1.82, 2.24) is 15.5 Å². The first kappa shape index (κ1) is 37.5. The van der Waals surface area contributed by atoms with E-state index >= 15 is 0 Å². The lowest BCUT2D eigenvalue weighted by Crippen LogP contribution is -2.47. The molecule has 9 heteroatoms. The molecule has 0 bridgehead atoms. The molecule has 0 radical (unpaired) electrons. The number of amides is 3. The summed E-state index contributed by atoms with van der Waals surface area (Å²) in [5.74, 6) is 5.92. The number of rotatable bonds is 13. The molecule has 3 N–H and O–H groups in total. The normalized spacial score (nSPS) is 11.6. The van der Waals surface area contributed by atoms with E-state index in [4.69, 9.17) is 9.47 Å². The van der Waals surface area contributed by atoms with Gasteiger partial charge in [0.05, 0.1) is 0 Å². The molecule has 50 heavy (non-hydrogen) atoms. The zero-order valence-corrected chi connectivity index (χ0v) is 29.7. The number of nitrogens with zero attached hydrogens (tertiary/aromatic N) is 1. The number of alkyl carbamates (subject to hydrolysis) is 2. The summed E-state index contributed by atoms with van der Waals surface area (Å²) in [6, 6.07) is 28.3. The number of anilines is 1. The standard InChI is InChI=1S/C41H48N4O5/c1-41(2,3)50-40(48)44-37(38(46)43-36-22-18-30(19-23-36)15-11-25-45(4)5)28-33-17-21-34-26-31(16-20-35(34)27-33)12-9-10-24-42-39(47)49-29-32-13-7-6-8-14-32/h6-8,13-14,16-23,26-27,37H,10-11,15,24-25,28-29H2,1-5H3,(H,42,47)(H,43,46)(H,44,48)/t37-/m0/s1. The summed E-state index contributed by atoms with van der Waals surface area (Å²) < 4.78 is 10.7. The first-order valence-corrected chi connectivity index (χ1v) is 16.9. The van der Waals surface area contributed by atoms with Gasteiger partial charge < -0.3 is 30.3 Å². The number of fused-ring (bicyclic) bond motifs is 1. The third kappa shape index (κ3) is 13.3. The number of benzene rings is 4. The topological polar surface area (TPSA) is 109 Å². The number of hydrogen-bond donors (Lipinski definition) is 3. The van der Waals surface area contributed by atoms with Crippen molar-refractivity contribution in [1.29, 1.82) is 0 Å². The Kier molecular flexibility index (Phi) is 13.8. The van der Waals surface area contributed by atoms with Crippen LogP contribution in [-0.2, 0) is 33.7 Å². The Hall–Kier alpha value is -5.33. The monoisotopic (exact) mass is 676 g/mol. The highest BCUT2D eigenvalue weighted by Crippen LogP contribution is 2.20. The molecular weight excluding hydrogens is 628 g/mol. The van der Waals surface area contributed by atoms with Gasteiger partial charge in [0.15, 0.2) is 0 Å². The van der Waals surface area contributed by atoms with Crippen molar-refractivity contribution in [3.05, 3.63) is 113 Å². The van der Waals surface area contributed by atoms with Crippen LogP contribution < -0.4 is 16.0 Å². The number of ether oxygens (including phenoxy) is 2. The van der Waals surface area contributed by atoms with Gasteiger partial charge in [-0.15, -0.1) is 0 Å². The highest BCUT2D eigenvalue weighted by molar-refractivity contribution is 5.97. The van der Waals surface area contributed by atoms with Crippen LogP contribution in [0.25, 0.3) is 10.8 Å². The molecule has 1 atom stereocenters. The fraction of sp³-hybridized carbons (Fsp3) is 0.341. The molecule has 0 aromatic heterocycles. The lowest BCUT2D eigenvalue weighted by Gasteiger charge is -2.23. The molecule has 0 aliphatic rings. The summed E-state index contributed by atoms with van der Waals surface area (Å²) in [4.78, 5) is 40.3. The van der Waals surface area contributed by atoms with Crippen molar-refractivity contribution in [2.24, 2.45) is 0 Å². The fourth-order valence-corrected chi connectivity index (χ4v) is 5.14. The van der Waals surface area contributed by atoms with Gasteiger partial charge in [0.1, 0.15) is 18.2 Å². The van der Waals surface area contributed by atoms with Crippen LogP contribution in [0.3, 0.4) is 0 Å². The average molecular weight is 677 g/mol. The number of hydrogen-bond acceptors (Lipinski definition) is 6. The summed E-state index contributed by atoms with van der Waals surface area (Å²) in [7, 11) is 4.12. The first-order chi connectivity index (χ1) is 23.9. The van der Waals surface area contributed by atoms with Crippen molar-refractivity contribution in [3.8, 4) is 11.8 Å². The Bertz CT molecular complexity index is 1790. The summed E-state index contributed by atoms with van der Waals surface area (Å²) in [6.07, 6.45) is 1.62. The van der Waals surface area contributed by atoms with Gasteiger partial charge in [-0.3, -0.25) is 4.79 Å². The number of carbonyl (C=O) groups is 3. The van der Waals surface area contributed by atoms with Crippen molar-refractivity contribution in [2.45, 2.75) is 64.7 Å². The molecule has 0 fully saturated rings. The van der Waals surface area contributed by atoms with Gasteiger partial charge in [-0.1, -0.05) is 78.6 Å². The molecule has 4 aromatic rings. The van der Waals surface area contributed by atoms with Crippen LogP contribution in [0.15, 0.2) is 91.0 Å². The highest BCUT2D eigenvalue weighted by atomic mass is 16.6. The predicted molar refractivity (Wildman–Crippen MR) is 199 cm³/mol. The van der Waals surface area contributed by atoms with Gasteiger partial charge in [0.2, 0.25) is 5.91 Å². The van der Waals surface area contributed by atoms with Crippen LogP contribution in [0.4, 0.5) is 15.3 Å². The Morgan fingerprint density at radius 1 is 0.820 bits per heavy atom. The number of carbonyl (C=O) groups excluding carboxylic acids is 3. The van der Waals surface area contributed by atoms with E-state index in [1.807, 2.05) is 91.0 Å². The minimum absolute atomic E-state index is 0.220. The average Bonchev–Trinajstić information content (AvgIpc) is 3.07. The molecule has 0 aliphatic carbocycles. The van der Waals surface area contributed by atoms with Crippen molar-refractivity contribution >= 4 is 34.6 Å². The third-order valence-corrected chi connectivity index (χ3v) is 7.61. The maximum absolute atomic E-state index is 13.5. The molecule has 0 saturated carbocycles. The molecule has 4 aromatic carbocycles. The van der Waals surface area contributed by atoms with Gasteiger partial charge in [-0.05, 0) is 106 Å². The molecule has 0 spiro atoms. The molecule has 0 saturated heterocycles. The van der Waals surface area contributed by atoms with Crippen molar-refractivity contribution < 1.29 is 23.9 Å². The molecule has 3 amide bonds. The Balaban J connectivity index is 1.35. The van der Waals surface area contributed by atoms with Crippen LogP contribution in [0.2, 0.25) is 0 Å². The van der Waals surface area contributed by atoms with Crippen LogP contribution in [0.1, 0.15) is 55.9 Å². The molecule has 4 rings (SSSR count). The lowest BCUT2D eigenvalue weighted by atomic mass is 9.99. The zero-order valence-electron chi connectivity index (χ0n) is 29.7. The molecule has 262 valence electrons. The van der Waals surface area contributed by atoms with E-state index in [-0.39, 0.29) is 18.9 Å². The maximum atomic E-state index is 13.5. The van der Waals surface area contributed by atoms with Gasteiger partial charge in [-0.2, -0.15) is 0 Å². The fourth-order valence-electron chi connectivity index (χ4n) is 5.14. The highest BCUT2D eigenvalue weighted by Gasteiger charge is 2.25. The van der Waals surface area contributed by atoms with Gasteiger partial charge >= 0.3 is 12.2 Å². The summed E-state index contributed by atoms with van der Waals surface area (Å²) >= 11 is 0. The van der Waals surface area contributed by atoms with E-state index in [1.54, 1.807) is 20.8 Å². The first-order valence-electron chi connectivity index (χ1n) is 16.9. The van der Waals surface area contributed by atoms with Crippen molar-refractivity contribution in [2.75, 3.05) is 32.5 Å². The Morgan fingerprint density at radius 3 is 2.24 bits per heavy atom. The summed E-state index contributed by atoms with van der Waals surface area (Å²) in [5, 5.41) is 10.4. The minimum atomic E-state index is -0.864. The zero-order chi connectivity index (χ0) is 35.9. The maximum Gasteiger partial charge on any atom is 0.408 e.